The molecular weight excluding hydrogens is 514 g/mol. The van der Waals surface area contributed by atoms with Crippen molar-refractivity contribution in [3.63, 3.8) is 0 Å². The summed E-state index contributed by atoms with van der Waals surface area (Å²) in [5, 5.41) is 3.52. The van der Waals surface area contributed by atoms with E-state index in [1.165, 1.54) is 12.8 Å². The molecule has 206 valence electrons. The van der Waals surface area contributed by atoms with Crippen molar-refractivity contribution in [1.82, 2.24) is 14.9 Å². The zero-order chi connectivity index (χ0) is 27.0. The van der Waals surface area contributed by atoms with E-state index >= 15 is 0 Å². The van der Waals surface area contributed by atoms with E-state index in [0.717, 1.165) is 56.3 Å². The van der Waals surface area contributed by atoms with Crippen molar-refractivity contribution < 1.29 is 14.3 Å². The molecule has 5 rings (SSSR count). The number of hydrogen-bond donors (Lipinski definition) is 1. The quantitative estimate of drug-likeness (QED) is 0.419. The Balaban J connectivity index is 1.30. The molecule has 0 spiro atoms. The van der Waals surface area contributed by atoms with Crippen molar-refractivity contribution in [2.45, 2.75) is 45.6 Å². The van der Waals surface area contributed by atoms with Gasteiger partial charge in [-0.05, 0) is 74.9 Å². The number of carbonyl (C=O) groups is 1. The first kappa shape index (κ1) is 27.2. The lowest BCUT2D eigenvalue weighted by atomic mass is 10.00. The lowest BCUT2D eigenvalue weighted by Gasteiger charge is -2.30. The SMILES string of the molecule is CC1CCN(c2ncc(CN3CCCCCOc4ccccc4Oc4ccc(Cl)cc4NC(=O)C3)cn2)CC1. The number of rotatable bonds is 3. The van der Waals surface area contributed by atoms with Gasteiger partial charge in [-0.2, -0.15) is 0 Å². The number of hydrogen-bond acceptors (Lipinski definition) is 7. The van der Waals surface area contributed by atoms with Crippen LogP contribution >= 0.6 is 11.6 Å². The van der Waals surface area contributed by atoms with Crippen LogP contribution in [0.15, 0.2) is 54.9 Å². The summed E-state index contributed by atoms with van der Waals surface area (Å²) in [5.74, 6) is 3.17. The molecule has 2 aliphatic heterocycles. The summed E-state index contributed by atoms with van der Waals surface area (Å²) in [5.41, 5.74) is 1.50. The second-order valence-electron chi connectivity index (χ2n) is 10.4. The van der Waals surface area contributed by atoms with E-state index in [1.807, 2.05) is 36.7 Å². The Bertz CT molecular complexity index is 1250. The maximum Gasteiger partial charge on any atom is 0.238 e. The summed E-state index contributed by atoms with van der Waals surface area (Å²) < 4.78 is 12.2. The Hall–Kier alpha value is -3.36. The zero-order valence-corrected chi connectivity index (χ0v) is 23.2. The molecule has 0 bridgehead atoms. The molecule has 0 unspecified atom stereocenters. The fourth-order valence-corrected chi connectivity index (χ4v) is 5.10. The topological polar surface area (TPSA) is 79.8 Å². The monoisotopic (exact) mass is 549 g/mol. The minimum Gasteiger partial charge on any atom is -0.490 e. The van der Waals surface area contributed by atoms with Gasteiger partial charge >= 0.3 is 0 Å². The number of ether oxygens (including phenoxy) is 2. The second-order valence-corrected chi connectivity index (χ2v) is 10.9. The fraction of sp³-hybridized carbons (Fsp3) is 0.433. The third-order valence-corrected chi connectivity index (χ3v) is 7.43. The summed E-state index contributed by atoms with van der Waals surface area (Å²) in [7, 11) is 0. The van der Waals surface area contributed by atoms with Gasteiger partial charge in [0.05, 0.1) is 18.8 Å². The summed E-state index contributed by atoms with van der Waals surface area (Å²) in [4.78, 5) is 26.9. The highest BCUT2D eigenvalue weighted by Gasteiger charge is 2.19. The smallest absolute Gasteiger partial charge is 0.238 e. The van der Waals surface area contributed by atoms with Gasteiger partial charge in [0.15, 0.2) is 17.2 Å². The fourth-order valence-electron chi connectivity index (χ4n) is 4.92. The number of anilines is 2. The van der Waals surface area contributed by atoms with E-state index in [1.54, 1.807) is 18.2 Å². The molecule has 3 aromatic rings. The number of carbonyl (C=O) groups excluding carboxylic acids is 1. The summed E-state index contributed by atoms with van der Waals surface area (Å²) in [6.07, 6.45) is 8.97. The van der Waals surface area contributed by atoms with E-state index in [0.29, 0.717) is 41.1 Å². The molecule has 8 nitrogen and oxygen atoms in total. The molecule has 1 aromatic heterocycles. The van der Waals surface area contributed by atoms with Crippen LogP contribution < -0.4 is 19.7 Å². The molecule has 0 radical (unpaired) electrons. The largest absolute Gasteiger partial charge is 0.490 e. The average Bonchev–Trinajstić information content (AvgIpc) is 2.93. The zero-order valence-electron chi connectivity index (χ0n) is 22.4. The number of amides is 1. The third kappa shape index (κ3) is 7.61. The first-order valence-corrected chi connectivity index (χ1v) is 14.2. The Labute approximate surface area is 235 Å². The van der Waals surface area contributed by atoms with E-state index in [2.05, 4.69) is 32.0 Å². The Morgan fingerprint density at radius 1 is 0.974 bits per heavy atom. The van der Waals surface area contributed by atoms with Gasteiger partial charge in [-0.1, -0.05) is 30.7 Å². The highest BCUT2D eigenvalue weighted by molar-refractivity contribution is 6.31. The number of nitrogens with one attached hydrogen (secondary N) is 1. The van der Waals surface area contributed by atoms with Crippen molar-refractivity contribution in [1.29, 1.82) is 0 Å². The van der Waals surface area contributed by atoms with Crippen LogP contribution in [0, 0.1) is 5.92 Å². The van der Waals surface area contributed by atoms with Crippen molar-refractivity contribution >= 4 is 29.1 Å². The molecule has 1 saturated heterocycles. The molecule has 3 heterocycles. The summed E-state index contributed by atoms with van der Waals surface area (Å²) >= 11 is 6.27. The second kappa shape index (κ2) is 13.1. The first-order valence-electron chi connectivity index (χ1n) is 13.8. The number of halogens is 1. The van der Waals surface area contributed by atoms with Crippen LogP contribution in [0.5, 0.6) is 17.2 Å². The van der Waals surface area contributed by atoms with Crippen LogP contribution in [0.1, 0.15) is 44.6 Å². The van der Waals surface area contributed by atoms with Crippen LogP contribution in [0.3, 0.4) is 0 Å². The van der Waals surface area contributed by atoms with Crippen LogP contribution in [-0.4, -0.2) is 53.6 Å². The highest BCUT2D eigenvalue weighted by Crippen LogP contribution is 2.36. The molecule has 1 N–H and O–H groups in total. The number of aromatic nitrogens is 2. The molecule has 2 aliphatic rings. The number of piperidine rings is 1. The highest BCUT2D eigenvalue weighted by atomic mass is 35.5. The van der Waals surface area contributed by atoms with Crippen LogP contribution in [0.25, 0.3) is 0 Å². The third-order valence-electron chi connectivity index (χ3n) is 7.19. The first-order chi connectivity index (χ1) is 19.0. The van der Waals surface area contributed by atoms with Gasteiger partial charge in [-0.3, -0.25) is 9.69 Å². The van der Waals surface area contributed by atoms with Crippen molar-refractivity contribution in [2.75, 3.05) is 43.0 Å². The lowest BCUT2D eigenvalue weighted by Crippen LogP contribution is -2.35. The number of fused-ring (bicyclic) bond motifs is 2. The molecule has 0 atom stereocenters. The van der Waals surface area contributed by atoms with Gasteiger partial charge in [0, 0.05) is 42.6 Å². The van der Waals surface area contributed by atoms with E-state index < -0.39 is 0 Å². The Morgan fingerprint density at radius 3 is 2.54 bits per heavy atom. The van der Waals surface area contributed by atoms with E-state index in [-0.39, 0.29) is 12.5 Å². The van der Waals surface area contributed by atoms with Crippen molar-refractivity contribution in [2.24, 2.45) is 5.92 Å². The minimum absolute atomic E-state index is 0.138. The Morgan fingerprint density at radius 2 is 1.74 bits per heavy atom. The molecule has 39 heavy (non-hydrogen) atoms. The standard InChI is InChI=1S/C30H36ClN5O3/c1-22-11-14-36(15-12-22)30-32-18-23(19-33-30)20-35-13-5-2-6-16-38-27-7-3-4-8-28(27)39-26-10-9-24(31)17-25(26)34-29(37)21-35/h3-4,7-10,17-19,22H,2,5-6,11-16,20-21H2,1H3,(H,34,37). The van der Waals surface area contributed by atoms with Gasteiger partial charge < -0.3 is 19.7 Å². The normalized spacial score (nSPS) is 18.0. The number of para-hydroxylation sites is 2. The number of benzene rings is 2. The maximum atomic E-state index is 13.2. The lowest BCUT2D eigenvalue weighted by molar-refractivity contribution is -0.117. The van der Waals surface area contributed by atoms with Crippen LogP contribution in [-0.2, 0) is 11.3 Å². The van der Waals surface area contributed by atoms with Gasteiger partial charge in [-0.15, -0.1) is 0 Å². The summed E-state index contributed by atoms with van der Waals surface area (Å²) in [6.45, 7) is 6.47. The Kier molecular flexibility index (Phi) is 9.16. The molecule has 2 aromatic carbocycles. The van der Waals surface area contributed by atoms with E-state index in [4.69, 9.17) is 21.1 Å². The molecule has 9 heteroatoms. The molecule has 0 aliphatic carbocycles. The van der Waals surface area contributed by atoms with Gasteiger partial charge in [0.2, 0.25) is 11.9 Å². The van der Waals surface area contributed by atoms with Crippen LogP contribution in [0.2, 0.25) is 5.02 Å². The van der Waals surface area contributed by atoms with Gasteiger partial charge in [-0.25, -0.2) is 9.97 Å². The minimum atomic E-state index is -0.138. The predicted octanol–water partition coefficient (Wildman–Crippen LogP) is 6.16. The van der Waals surface area contributed by atoms with Crippen molar-refractivity contribution in [3.8, 4) is 17.2 Å². The maximum absolute atomic E-state index is 13.2. The predicted molar refractivity (Wildman–Crippen MR) is 154 cm³/mol. The average molecular weight is 550 g/mol. The number of nitrogens with zero attached hydrogens (tertiary/aromatic N) is 4. The molecular formula is C30H36ClN5O3. The molecule has 0 saturated carbocycles. The van der Waals surface area contributed by atoms with E-state index in [9.17, 15) is 4.79 Å². The van der Waals surface area contributed by atoms with Gasteiger partial charge in [0.25, 0.3) is 0 Å². The molecule has 1 amide bonds. The van der Waals surface area contributed by atoms with Gasteiger partial charge in [0.1, 0.15) is 0 Å². The van der Waals surface area contributed by atoms with Crippen LogP contribution in [0.4, 0.5) is 11.6 Å². The van der Waals surface area contributed by atoms with Crippen molar-refractivity contribution in [3.05, 3.63) is 65.4 Å². The summed E-state index contributed by atoms with van der Waals surface area (Å²) in [6, 6.07) is 12.8. The molecule has 1 fully saturated rings.